The van der Waals surface area contributed by atoms with Crippen LogP contribution in [0.3, 0.4) is 0 Å². The summed E-state index contributed by atoms with van der Waals surface area (Å²) in [6, 6.07) is 0. The Hall–Kier alpha value is -0.990. The molecule has 3 heteroatoms. The van der Waals surface area contributed by atoms with E-state index in [9.17, 15) is 4.79 Å². The van der Waals surface area contributed by atoms with Crippen LogP contribution >= 0.6 is 0 Å². The summed E-state index contributed by atoms with van der Waals surface area (Å²) in [6.45, 7) is 9.58. The van der Waals surface area contributed by atoms with Gasteiger partial charge in [0.2, 0.25) is 0 Å². The number of unbranched alkanes of at least 4 members (excludes halogenated alkanes) is 13. The first-order valence-electron chi connectivity index (χ1n) is 15.1. The van der Waals surface area contributed by atoms with Crippen LogP contribution in [0.15, 0.2) is 11.3 Å². The first-order valence-corrected chi connectivity index (χ1v) is 15.1. The Kier molecular flexibility index (Phi) is 19.5. The van der Waals surface area contributed by atoms with Crippen LogP contribution in [-0.2, 0) is 14.3 Å². The minimum Gasteiger partial charge on any atom is -0.490 e. The number of hydrogen-bond acceptors (Lipinski definition) is 3. The Bertz CT molecular complexity index is 525. The summed E-state index contributed by atoms with van der Waals surface area (Å²) in [5.74, 6) is 1.82. The minimum absolute atomic E-state index is 0.00178. The highest BCUT2D eigenvalue weighted by Gasteiger charge is 2.26. The second kappa shape index (κ2) is 21.3. The van der Waals surface area contributed by atoms with E-state index in [0.717, 1.165) is 32.1 Å². The molecule has 1 heterocycles. The van der Waals surface area contributed by atoms with Crippen LogP contribution in [0.25, 0.3) is 0 Å². The van der Waals surface area contributed by atoms with Gasteiger partial charge in [0, 0.05) is 18.4 Å². The maximum Gasteiger partial charge on any atom is 0.305 e. The molecule has 0 amide bonds. The molecule has 34 heavy (non-hydrogen) atoms. The van der Waals surface area contributed by atoms with Gasteiger partial charge in [-0.3, -0.25) is 4.79 Å². The Labute approximate surface area is 212 Å². The van der Waals surface area contributed by atoms with Gasteiger partial charge in [0.1, 0.15) is 6.10 Å². The largest absolute Gasteiger partial charge is 0.490 e. The lowest BCUT2D eigenvalue weighted by atomic mass is 9.95. The van der Waals surface area contributed by atoms with Crippen molar-refractivity contribution in [3.8, 4) is 0 Å². The maximum atomic E-state index is 12.0. The van der Waals surface area contributed by atoms with Crippen molar-refractivity contribution in [2.24, 2.45) is 5.92 Å². The average Bonchev–Trinajstić information content (AvgIpc) is 2.84. The highest BCUT2D eigenvalue weighted by Crippen LogP contribution is 2.33. The van der Waals surface area contributed by atoms with Crippen LogP contribution in [0, 0.1) is 5.92 Å². The van der Waals surface area contributed by atoms with Gasteiger partial charge in [-0.25, -0.2) is 0 Å². The Morgan fingerprint density at radius 2 is 1.38 bits per heavy atom. The van der Waals surface area contributed by atoms with Crippen molar-refractivity contribution in [3.05, 3.63) is 11.3 Å². The minimum atomic E-state index is -0.00178. The summed E-state index contributed by atoms with van der Waals surface area (Å²) >= 11 is 0. The lowest BCUT2D eigenvalue weighted by Gasteiger charge is -2.33. The Morgan fingerprint density at radius 1 is 0.794 bits per heavy atom. The molecular formula is C31H58O3. The second-order valence-corrected chi connectivity index (χ2v) is 10.7. The maximum absolute atomic E-state index is 12.0. The first-order chi connectivity index (χ1) is 16.6. The first kappa shape index (κ1) is 31.0. The zero-order valence-corrected chi connectivity index (χ0v) is 23.4. The number of ether oxygens (including phenoxy) is 2. The highest BCUT2D eigenvalue weighted by atomic mass is 16.5. The summed E-state index contributed by atoms with van der Waals surface area (Å²) < 4.78 is 11.6. The van der Waals surface area contributed by atoms with Gasteiger partial charge >= 0.3 is 5.97 Å². The number of esters is 1. The fourth-order valence-corrected chi connectivity index (χ4v) is 4.91. The van der Waals surface area contributed by atoms with Crippen molar-refractivity contribution in [1.29, 1.82) is 0 Å². The van der Waals surface area contributed by atoms with E-state index in [-0.39, 0.29) is 5.97 Å². The van der Waals surface area contributed by atoms with E-state index in [0.29, 0.717) is 25.0 Å². The molecule has 1 rings (SSSR count). The molecule has 1 aliphatic heterocycles. The molecular weight excluding hydrogens is 420 g/mol. The Morgan fingerprint density at radius 3 is 2.00 bits per heavy atom. The van der Waals surface area contributed by atoms with Gasteiger partial charge in [0.25, 0.3) is 0 Å². The molecule has 3 nitrogen and oxygen atoms in total. The topological polar surface area (TPSA) is 35.5 Å². The van der Waals surface area contributed by atoms with Crippen molar-refractivity contribution in [1.82, 2.24) is 0 Å². The zero-order chi connectivity index (χ0) is 24.9. The van der Waals surface area contributed by atoms with E-state index in [1.807, 2.05) is 0 Å². The number of hydrogen-bond donors (Lipinski definition) is 0. The van der Waals surface area contributed by atoms with Crippen molar-refractivity contribution in [2.45, 2.75) is 169 Å². The van der Waals surface area contributed by atoms with E-state index in [2.05, 4.69) is 27.7 Å². The molecule has 0 N–H and O–H groups in total. The molecule has 200 valence electrons. The molecule has 2 unspecified atom stereocenters. The van der Waals surface area contributed by atoms with Crippen molar-refractivity contribution in [2.75, 3.05) is 6.61 Å². The zero-order valence-electron chi connectivity index (χ0n) is 23.4. The van der Waals surface area contributed by atoms with Gasteiger partial charge in [0.05, 0.1) is 12.4 Å². The molecule has 0 bridgehead atoms. The third kappa shape index (κ3) is 15.1. The van der Waals surface area contributed by atoms with E-state index >= 15 is 0 Å². The fourth-order valence-electron chi connectivity index (χ4n) is 4.91. The van der Waals surface area contributed by atoms with Gasteiger partial charge in [0.15, 0.2) is 0 Å². The molecule has 0 aromatic rings. The van der Waals surface area contributed by atoms with Crippen LogP contribution in [-0.4, -0.2) is 18.7 Å². The third-order valence-corrected chi connectivity index (χ3v) is 7.59. The fraction of sp³-hybridized carbons (Fsp3) is 0.903. The quantitative estimate of drug-likeness (QED) is 0.102. The van der Waals surface area contributed by atoms with Gasteiger partial charge in [-0.1, -0.05) is 111 Å². The highest BCUT2D eigenvalue weighted by molar-refractivity contribution is 5.69. The summed E-state index contributed by atoms with van der Waals surface area (Å²) in [6.07, 6.45) is 26.2. The summed E-state index contributed by atoms with van der Waals surface area (Å²) in [5, 5.41) is 0. The number of carbonyl (C=O) groups excluding carboxylic acids is 1. The smallest absolute Gasteiger partial charge is 0.305 e. The van der Waals surface area contributed by atoms with Crippen LogP contribution in [0.1, 0.15) is 163 Å². The van der Waals surface area contributed by atoms with Crippen LogP contribution in [0.2, 0.25) is 0 Å². The summed E-state index contributed by atoms with van der Waals surface area (Å²) in [4.78, 5) is 12.0. The normalized spacial score (nSPS) is 16.3. The third-order valence-electron chi connectivity index (χ3n) is 7.59. The standard InChI is InChI=1S/C31H58O3/c1-5-8-10-11-12-13-14-16-19-23-29-27(4)30(34-29)24-20-17-15-18-21-25-31(32)33-26-28(7-3)22-9-6-2/h28,30H,5-26H2,1-4H3. The van der Waals surface area contributed by atoms with Gasteiger partial charge in [-0.15, -0.1) is 0 Å². The Balaban J connectivity index is 1.93. The van der Waals surface area contributed by atoms with Gasteiger partial charge < -0.3 is 9.47 Å². The van der Waals surface area contributed by atoms with E-state index in [1.165, 1.54) is 108 Å². The molecule has 0 aromatic carbocycles. The van der Waals surface area contributed by atoms with Crippen LogP contribution < -0.4 is 0 Å². The van der Waals surface area contributed by atoms with E-state index in [1.54, 1.807) is 0 Å². The molecule has 0 spiro atoms. The molecule has 0 aromatic heterocycles. The molecule has 0 radical (unpaired) electrons. The predicted molar refractivity (Wildman–Crippen MR) is 146 cm³/mol. The molecule has 0 aliphatic carbocycles. The lowest BCUT2D eigenvalue weighted by Crippen LogP contribution is -2.26. The van der Waals surface area contributed by atoms with Gasteiger partial charge in [-0.2, -0.15) is 0 Å². The number of carbonyl (C=O) groups is 1. The van der Waals surface area contributed by atoms with Gasteiger partial charge in [-0.05, 0) is 44.9 Å². The van der Waals surface area contributed by atoms with Crippen molar-refractivity contribution < 1.29 is 14.3 Å². The van der Waals surface area contributed by atoms with Crippen LogP contribution in [0.4, 0.5) is 0 Å². The molecule has 1 aliphatic rings. The monoisotopic (exact) mass is 478 g/mol. The predicted octanol–water partition coefficient (Wildman–Crippen LogP) is 10.1. The molecule has 0 saturated heterocycles. The lowest BCUT2D eigenvalue weighted by molar-refractivity contribution is -0.145. The van der Waals surface area contributed by atoms with Crippen LogP contribution in [0.5, 0.6) is 0 Å². The van der Waals surface area contributed by atoms with Crippen molar-refractivity contribution in [3.63, 3.8) is 0 Å². The van der Waals surface area contributed by atoms with E-state index in [4.69, 9.17) is 9.47 Å². The second-order valence-electron chi connectivity index (χ2n) is 10.7. The SMILES string of the molecule is CCCCCCCCCCCC1=C(C)C(CCCCCCCC(=O)OCC(CC)CCCC)O1. The average molecular weight is 479 g/mol. The molecule has 2 atom stereocenters. The van der Waals surface area contributed by atoms with Crippen molar-refractivity contribution >= 4 is 5.97 Å². The molecule has 0 saturated carbocycles. The number of rotatable bonds is 24. The summed E-state index contributed by atoms with van der Waals surface area (Å²) in [5.41, 5.74) is 1.51. The number of allylic oxidation sites excluding steroid dienone is 1. The molecule has 0 fully saturated rings. The summed E-state index contributed by atoms with van der Waals surface area (Å²) in [7, 11) is 0. The van der Waals surface area contributed by atoms with E-state index < -0.39 is 0 Å².